The number of benzene rings is 2. The van der Waals surface area contributed by atoms with Crippen LogP contribution in [0.4, 0.5) is 11.4 Å². The fourth-order valence-corrected chi connectivity index (χ4v) is 4.24. The second-order valence-corrected chi connectivity index (χ2v) is 7.74. The van der Waals surface area contributed by atoms with Crippen molar-refractivity contribution in [3.05, 3.63) is 54.1 Å². The van der Waals surface area contributed by atoms with E-state index in [0.717, 1.165) is 17.3 Å². The van der Waals surface area contributed by atoms with E-state index >= 15 is 0 Å². The number of amidine groups is 1. The van der Waals surface area contributed by atoms with Crippen LogP contribution in [0.3, 0.4) is 0 Å². The zero-order valence-corrected chi connectivity index (χ0v) is 14.4. The lowest BCUT2D eigenvalue weighted by Gasteiger charge is -2.17. The Morgan fingerprint density at radius 1 is 1.21 bits per heavy atom. The van der Waals surface area contributed by atoms with E-state index in [1.165, 1.54) is 6.07 Å². The van der Waals surface area contributed by atoms with Gasteiger partial charge in [0.05, 0.1) is 11.4 Å². The summed E-state index contributed by atoms with van der Waals surface area (Å²) in [5.41, 5.74) is 2.22. The van der Waals surface area contributed by atoms with Gasteiger partial charge in [-0.25, -0.2) is 0 Å². The van der Waals surface area contributed by atoms with Crippen molar-refractivity contribution in [3.8, 4) is 0 Å². The molecule has 8 heteroatoms. The summed E-state index contributed by atoms with van der Waals surface area (Å²) >= 11 is 1.04. The first-order chi connectivity index (χ1) is 11.4. The molecule has 3 rings (SSSR count). The summed E-state index contributed by atoms with van der Waals surface area (Å²) in [6.45, 7) is 1.94. The number of nitrogens with zero attached hydrogens (tertiary/aromatic N) is 1. The van der Waals surface area contributed by atoms with E-state index in [9.17, 15) is 13.2 Å². The Hall–Kier alpha value is -2.32. The molecule has 6 nitrogen and oxygen atoms in total. The van der Waals surface area contributed by atoms with Crippen molar-refractivity contribution in [1.82, 2.24) is 0 Å². The number of hydrogen-bond acceptors (Lipinski definition) is 5. The number of thioether (sulfide) groups is 1. The zero-order chi connectivity index (χ0) is 17.2. The topological polar surface area (TPSA) is 87.6 Å². The van der Waals surface area contributed by atoms with Gasteiger partial charge >= 0.3 is 0 Å². The van der Waals surface area contributed by atoms with E-state index in [1.807, 2.05) is 25.1 Å². The highest BCUT2D eigenvalue weighted by atomic mass is 32.2. The van der Waals surface area contributed by atoms with Crippen LogP contribution < -0.4 is 10.6 Å². The monoisotopic (exact) mass is 361 g/mol. The summed E-state index contributed by atoms with van der Waals surface area (Å²) < 4.78 is 27.9. The molecule has 0 atom stereocenters. The molecule has 0 bridgehead atoms. The van der Waals surface area contributed by atoms with E-state index in [4.69, 9.17) is 0 Å². The number of sulfonamides is 1. The van der Waals surface area contributed by atoms with Gasteiger partial charge in [-0.2, -0.15) is 8.42 Å². The molecule has 0 aliphatic carbocycles. The van der Waals surface area contributed by atoms with Gasteiger partial charge in [0.2, 0.25) is 5.91 Å². The molecule has 124 valence electrons. The molecule has 2 aromatic rings. The van der Waals surface area contributed by atoms with E-state index in [2.05, 4.69) is 15.0 Å². The van der Waals surface area contributed by atoms with Crippen LogP contribution >= 0.6 is 11.8 Å². The maximum atomic E-state index is 12.1. The first-order valence-electron chi connectivity index (χ1n) is 7.14. The van der Waals surface area contributed by atoms with Crippen molar-refractivity contribution < 1.29 is 13.2 Å². The van der Waals surface area contributed by atoms with Crippen molar-refractivity contribution >= 4 is 44.2 Å². The second-order valence-electron chi connectivity index (χ2n) is 5.20. The molecule has 1 amide bonds. The van der Waals surface area contributed by atoms with Gasteiger partial charge in [0, 0.05) is 5.69 Å². The van der Waals surface area contributed by atoms with Gasteiger partial charge in [-0.05, 0) is 36.8 Å². The van der Waals surface area contributed by atoms with Crippen LogP contribution in [0, 0.1) is 6.92 Å². The summed E-state index contributed by atoms with van der Waals surface area (Å²) in [6.07, 6.45) is 0. The average Bonchev–Trinajstić information content (AvgIpc) is 2.52. The molecule has 2 aromatic carbocycles. The molecule has 0 aromatic heterocycles. The number of hydrogen-bond donors (Lipinski definition) is 2. The third-order valence-corrected chi connectivity index (χ3v) is 5.58. The zero-order valence-electron chi connectivity index (χ0n) is 12.8. The number of fused-ring (bicyclic) bond motifs is 1. The van der Waals surface area contributed by atoms with E-state index in [0.29, 0.717) is 11.4 Å². The molecular formula is C16H15N3O3S2. The van der Waals surface area contributed by atoms with Gasteiger partial charge in [0.15, 0.2) is 5.17 Å². The lowest BCUT2D eigenvalue weighted by Crippen LogP contribution is -2.22. The highest BCUT2D eigenvalue weighted by Gasteiger charge is 2.24. The molecule has 1 aliphatic heterocycles. The van der Waals surface area contributed by atoms with Crippen LogP contribution in [0.2, 0.25) is 0 Å². The fourth-order valence-electron chi connectivity index (χ4n) is 2.21. The van der Waals surface area contributed by atoms with Gasteiger partial charge in [-0.3, -0.25) is 4.79 Å². The largest absolute Gasteiger partial charge is 0.333 e. The molecule has 1 heterocycles. The molecule has 0 fully saturated rings. The average molecular weight is 361 g/mol. The Balaban J connectivity index is 1.65. The minimum absolute atomic E-state index is 0.0530. The minimum atomic E-state index is -3.73. The number of carbonyl (C=O) groups excluding carboxylic acids is 1. The lowest BCUT2D eigenvalue weighted by molar-refractivity contribution is -0.113. The normalized spacial score (nSPS) is 15.0. The summed E-state index contributed by atoms with van der Waals surface area (Å²) in [7, 11) is -3.73. The third-order valence-electron chi connectivity index (χ3n) is 3.25. The number of nitrogens with one attached hydrogen (secondary N) is 2. The molecule has 0 radical (unpaired) electrons. The van der Waals surface area contributed by atoms with Crippen molar-refractivity contribution in [2.24, 2.45) is 4.40 Å². The van der Waals surface area contributed by atoms with Gasteiger partial charge in [0.1, 0.15) is 4.90 Å². The van der Waals surface area contributed by atoms with Gasteiger partial charge in [0.25, 0.3) is 10.0 Å². The van der Waals surface area contributed by atoms with Crippen molar-refractivity contribution in [1.29, 1.82) is 0 Å². The van der Waals surface area contributed by atoms with Gasteiger partial charge in [-0.1, -0.05) is 36.0 Å². The molecular weight excluding hydrogens is 346 g/mol. The Morgan fingerprint density at radius 2 is 2.00 bits per heavy atom. The van der Waals surface area contributed by atoms with Crippen LogP contribution in [0.1, 0.15) is 5.56 Å². The Morgan fingerprint density at radius 3 is 2.79 bits per heavy atom. The molecule has 2 N–H and O–H groups in total. The SMILES string of the molecule is Cc1cccc(NC(=O)CSC2=NS(=O)(=O)c3ccccc3N2)c1. The number of aryl methyl sites for hydroxylation is 1. The first-order valence-corrected chi connectivity index (χ1v) is 9.57. The van der Waals surface area contributed by atoms with E-state index in [1.54, 1.807) is 24.3 Å². The summed E-state index contributed by atoms with van der Waals surface area (Å²) in [6, 6.07) is 14.0. The first kappa shape index (κ1) is 16.5. The molecule has 0 spiro atoms. The predicted octanol–water partition coefficient (Wildman–Crippen LogP) is 2.84. The van der Waals surface area contributed by atoms with Crippen LogP contribution in [0.25, 0.3) is 0 Å². The summed E-state index contributed by atoms with van der Waals surface area (Å²) in [5.74, 6) is -0.177. The molecule has 0 saturated heterocycles. The van der Waals surface area contributed by atoms with Crippen LogP contribution in [0.5, 0.6) is 0 Å². The maximum Gasteiger partial charge on any atom is 0.286 e. The number of amides is 1. The highest BCUT2D eigenvalue weighted by molar-refractivity contribution is 8.15. The van der Waals surface area contributed by atoms with E-state index < -0.39 is 10.0 Å². The number of para-hydroxylation sites is 1. The van der Waals surface area contributed by atoms with Crippen molar-refractivity contribution in [2.75, 3.05) is 16.4 Å². The molecule has 1 aliphatic rings. The minimum Gasteiger partial charge on any atom is -0.333 e. The highest BCUT2D eigenvalue weighted by Crippen LogP contribution is 2.28. The Kier molecular flexibility index (Phi) is 4.59. The predicted molar refractivity (Wildman–Crippen MR) is 97.0 cm³/mol. The molecule has 0 saturated carbocycles. The molecule has 24 heavy (non-hydrogen) atoms. The number of carbonyl (C=O) groups is 1. The fraction of sp³-hybridized carbons (Fsp3) is 0.125. The van der Waals surface area contributed by atoms with Gasteiger partial charge in [-0.15, -0.1) is 4.40 Å². The van der Waals surface area contributed by atoms with Gasteiger partial charge < -0.3 is 10.6 Å². The standard InChI is InChI=1S/C16H15N3O3S2/c1-11-5-4-6-12(9-11)17-15(20)10-23-16-18-13-7-2-3-8-14(13)24(21,22)19-16/h2-9H,10H2,1H3,(H,17,20)(H,18,19). The lowest BCUT2D eigenvalue weighted by atomic mass is 10.2. The van der Waals surface area contributed by atoms with Crippen molar-refractivity contribution in [2.45, 2.75) is 11.8 Å². The third kappa shape index (κ3) is 3.77. The Bertz CT molecular complexity index is 924. The van der Waals surface area contributed by atoms with Crippen LogP contribution in [-0.4, -0.2) is 25.2 Å². The summed E-state index contributed by atoms with van der Waals surface area (Å²) in [5, 5.41) is 5.89. The quantitative estimate of drug-likeness (QED) is 0.878. The van der Waals surface area contributed by atoms with Crippen LogP contribution in [0.15, 0.2) is 57.8 Å². The smallest absolute Gasteiger partial charge is 0.286 e. The Labute approximate surface area is 144 Å². The second kappa shape index (κ2) is 6.66. The van der Waals surface area contributed by atoms with Crippen molar-refractivity contribution in [3.63, 3.8) is 0 Å². The molecule has 0 unspecified atom stereocenters. The van der Waals surface area contributed by atoms with E-state index in [-0.39, 0.29) is 21.7 Å². The van der Waals surface area contributed by atoms with Crippen LogP contribution in [-0.2, 0) is 14.8 Å². The maximum absolute atomic E-state index is 12.1. The number of rotatable bonds is 3. The number of anilines is 2. The summed E-state index contributed by atoms with van der Waals surface area (Å²) in [4.78, 5) is 12.1.